The quantitative estimate of drug-likeness (QED) is 0.429. The lowest BCUT2D eigenvalue weighted by atomic mass is 10.1. The number of hydrogen-bond donors (Lipinski definition) is 1. The van der Waals surface area contributed by atoms with E-state index in [0.29, 0.717) is 17.8 Å². The molecule has 32 heavy (non-hydrogen) atoms. The molecule has 10 heteroatoms. The van der Waals surface area contributed by atoms with Crippen LogP contribution in [0, 0.1) is 0 Å². The second-order valence-corrected chi connectivity index (χ2v) is 7.31. The largest absolute Gasteiger partial charge is 0.404 e. The van der Waals surface area contributed by atoms with E-state index in [1.54, 1.807) is 41.2 Å². The third-order valence-electron chi connectivity index (χ3n) is 5.09. The Balaban J connectivity index is 1.50. The molecule has 5 rings (SSSR count). The van der Waals surface area contributed by atoms with Gasteiger partial charge in [0.05, 0.1) is 30.1 Å². The first kappa shape index (κ1) is 19.5. The van der Waals surface area contributed by atoms with E-state index >= 15 is 0 Å². The summed E-state index contributed by atoms with van der Waals surface area (Å²) < 4.78 is 3.47. The number of hydrogen-bond acceptors (Lipinski definition) is 8. The number of fused-ring (bicyclic) bond motifs is 2. The van der Waals surface area contributed by atoms with E-state index in [4.69, 9.17) is 10.7 Å². The monoisotopic (exact) mass is 424 g/mol. The highest BCUT2D eigenvalue weighted by atomic mass is 15.4. The first-order valence-corrected chi connectivity index (χ1v) is 9.93. The number of aliphatic imine (C=N–C) groups is 1. The normalized spacial score (nSPS) is 12.4. The Morgan fingerprint density at radius 1 is 1.16 bits per heavy atom. The van der Waals surface area contributed by atoms with Gasteiger partial charge in [-0.05, 0) is 23.8 Å². The van der Waals surface area contributed by atoms with Gasteiger partial charge in [0.2, 0.25) is 5.65 Å². The number of benzene rings is 1. The standard InChI is InChI=1S/C22H20N10/c1-24-8-17(7-23)16-6-15-5-14(3-4-19(15)25-9-16)12-32-22-21(29-30-32)26-11-20(28-22)18-10-27-31(2)13-18/h3-11,13H,12,23H2,1-2H3. The molecule has 0 aliphatic rings. The molecule has 0 fully saturated rings. The highest BCUT2D eigenvalue weighted by molar-refractivity contribution is 6.10. The highest BCUT2D eigenvalue weighted by Crippen LogP contribution is 2.21. The Labute approximate surface area is 183 Å². The van der Waals surface area contributed by atoms with Crippen molar-refractivity contribution in [2.75, 3.05) is 7.05 Å². The van der Waals surface area contributed by atoms with Gasteiger partial charge in [-0.2, -0.15) is 5.10 Å². The van der Waals surface area contributed by atoms with Crippen molar-refractivity contribution in [3.63, 3.8) is 0 Å². The molecular formula is C22H20N10. The van der Waals surface area contributed by atoms with Crippen LogP contribution in [-0.4, -0.2) is 53.0 Å². The highest BCUT2D eigenvalue weighted by Gasteiger charge is 2.12. The van der Waals surface area contributed by atoms with Crippen molar-refractivity contribution in [3.05, 3.63) is 66.4 Å². The van der Waals surface area contributed by atoms with Crippen LogP contribution in [0.15, 0.2) is 60.2 Å². The smallest absolute Gasteiger partial charge is 0.221 e. The molecule has 0 radical (unpaired) electrons. The summed E-state index contributed by atoms with van der Waals surface area (Å²) in [5.41, 5.74) is 12.1. The maximum absolute atomic E-state index is 5.75. The molecule has 158 valence electrons. The van der Waals surface area contributed by atoms with Gasteiger partial charge >= 0.3 is 0 Å². The lowest BCUT2D eigenvalue weighted by molar-refractivity contribution is 0.664. The van der Waals surface area contributed by atoms with Crippen molar-refractivity contribution in [1.82, 2.24) is 39.7 Å². The third-order valence-corrected chi connectivity index (χ3v) is 5.09. The van der Waals surface area contributed by atoms with Crippen LogP contribution in [0.3, 0.4) is 0 Å². The zero-order valence-electron chi connectivity index (χ0n) is 17.6. The minimum atomic E-state index is 0.498. The number of nitrogens with two attached hydrogens (primary N) is 1. The van der Waals surface area contributed by atoms with Gasteiger partial charge in [-0.3, -0.25) is 14.7 Å². The van der Waals surface area contributed by atoms with Crippen molar-refractivity contribution in [1.29, 1.82) is 0 Å². The van der Waals surface area contributed by atoms with E-state index in [1.165, 1.54) is 6.20 Å². The fraction of sp³-hybridized carbons (Fsp3) is 0.136. The minimum absolute atomic E-state index is 0.498. The molecule has 0 unspecified atom stereocenters. The van der Waals surface area contributed by atoms with Gasteiger partial charge in [-0.15, -0.1) is 5.10 Å². The Bertz CT molecular complexity index is 1490. The molecule has 0 amide bonds. The van der Waals surface area contributed by atoms with E-state index in [1.807, 2.05) is 31.4 Å². The summed E-state index contributed by atoms with van der Waals surface area (Å²) in [4.78, 5) is 17.7. The molecule has 0 aliphatic carbocycles. The van der Waals surface area contributed by atoms with Crippen LogP contribution >= 0.6 is 0 Å². The van der Waals surface area contributed by atoms with E-state index in [2.05, 4.69) is 36.4 Å². The zero-order valence-corrected chi connectivity index (χ0v) is 17.6. The molecule has 1 aromatic carbocycles. The summed E-state index contributed by atoms with van der Waals surface area (Å²) >= 11 is 0. The Kier molecular flexibility index (Phi) is 4.86. The number of aryl methyl sites for hydroxylation is 1. The molecule has 2 N–H and O–H groups in total. The molecule has 0 atom stereocenters. The van der Waals surface area contributed by atoms with Crippen LogP contribution < -0.4 is 5.73 Å². The van der Waals surface area contributed by atoms with Gasteiger partial charge in [-0.1, -0.05) is 11.3 Å². The van der Waals surface area contributed by atoms with Crippen molar-refractivity contribution in [2.24, 2.45) is 17.8 Å². The van der Waals surface area contributed by atoms with Gasteiger partial charge in [0.1, 0.15) is 0 Å². The number of allylic oxidation sites excluding steroid dienone is 1. The second kappa shape index (κ2) is 7.99. The lowest BCUT2D eigenvalue weighted by Crippen LogP contribution is -2.03. The molecule has 4 aromatic heterocycles. The Morgan fingerprint density at radius 3 is 2.84 bits per heavy atom. The fourth-order valence-corrected chi connectivity index (χ4v) is 3.52. The molecule has 0 saturated carbocycles. The summed E-state index contributed by atoms with van der Waals surface area (Å²) in [6.45, 7) is 0.498. The Morgan fingerprint density at radius 2 is 2.06 bits per heavy atom. The summed E-state index contributed by atoms with van der Waals surface area (Å²) in [5.74, 6) is 0. The number of aromatic nitrogens is 8. The third kappa shape index (κ3) is 3.58. The molecule has 10 nitrogen and oxygen atoms in total. The molecule has 0 bridgehead atoms. The van der Waals surface area contributed by atoms with Crippen LogP contribution in [0.2, 0.25) is 0 Å². The van der Waals surface area contributed by atoms with Crippen LogP contribution in [-0.2, 0) is 13.6 Å². The molecule has 4 heterocycles. The summed E-state index contributed by atoms with van der Waals surface area (Å²) in [5, 5.41) is 13.6. The maximum Gasteiger partial charge on any atom is 0.221 e. The van der Waals surface area contributed by atoms with Crippen LogP contribution in [0.5, 0.6) is 0 Å². The first-order chi connectivity index (χ1) is 15.6. The number of nitrogens with zero attached hydrogens (tertiary/aromatic N) is 9. The predicted molar refractivity (Wildman–Crippen MR) is 123 cm³/mol. The SMILES string of the molecule is CN=CC(=CN)c1cnc2ccc(Cn3nnc4ncc(-c5cnn(C)c5)nc43)cc2c1. The van der Waals surface area contributed by atoms with Gasteiger partial charge < -0.3 is 5.73 Å². The average Bonchev–Trinajstić information content (AvgIpc) is 3.43. The van der Waals surface area contributed by atoms with E-state index in [9.17, 15) is 0 Å². The van der Waals surface area contributed by atoms with Crippen molar-refractivity contribution in [2.45, 2.75) is 6.54 Å². The van der Waals surface area contributed by atoms with Gasteiger partial charge in [-0.25, -0.2) is 14.6 Å². The Hall–Kier alpha value is -4.47. The van der Waals surface area contributed by atoms with Gasteiger partial charge in [0, 0.05) is 61.0 Å². The summed E-state index contributed by atoms with van der Waals surface area (Å²) in [6, 6.07) is 8.13. The van der Waals surface area contributed by atoms with Crippen molar-refractivity contribution >= 4 is 34.0 Å². The first-order valence-electron chi connectivity index (χ1n) is 9.93. The van der Waals surface area contributed by atoms with Crippen LogP contribution in [0.4, 0.5) is 0 Å². The lowest BCUT2D eigenvalue weighted by Gasteiger charge is -2.07. The van der Waals surface area contributed by atoms with E-state index in [-0.39, 0.29) is 0 Å². The van der Waals surface area contributed by atoms with Crippen LogP contribution in [0.1, 0.15) is 11.1 Å². The number of pyridine rings is 1. The summed E-state index contributed by atoms with van der Waals surface area (Å²) in [7, 11) is 3.57. The van der Waals surface area contributed by atoms with Crippen molar-refractivity contribution in [3.8, 4) is 11.3 Å². The molecule has 5 aromatic rings. The van der Waals surface area contributed by atoms with Gasteiger partial charge in [0.15, 0.2) is 5.65 Å². The van der Waals surface area contributed by atoms with Crippen molar-refractivity contribution < 1.29 is 0 Å². The molecule has 0 spiro atoms. The molecule has 0 saturated heterocycles. The summed E-state index contributed by atoms with van der Waals surface area (Å²) in [6.07, 6.45) is 10.4. The molecule has 0 aliphatic heterocycles. The minimum Gasteiger partial charge on any atom is -0.404 e. The van der Waals surface area contributed by atoms with E-state index < -0.39 is 0 Å². The number of rotatable bonds is 5. The zero-order chi connectivity index (χ0) is 22.1. The van der Waals surface area contributed by atoms with Gasteiger partial charge in [0.25, 0.3) is 0 Å². The fourth-order valence-electron chi connectivity index (χ4n) is 3.52. The van der Waals surface area contributed by atoms with E-state index in [0.717, 1.165) is 38.9 Å². The maximum atomic E-state index is 5.75. The van der Waals surface area contributed by atoms with Crippen LogP contribution in [0.25, 0.3) is 39.0 Å². The topological polar surface area (TPSA) is 126 Å². The predicted octanol–water partition coefficient (Wildman–Crippen LogP) is 2.22. The molecular weight excluding hydrogens is 404 g/mol. The second-order valence-electron chi connectivity index (χ2n) is 7.31. The average molecular weight is 424 g/mol.